The molecule has 0 bridgehead atoms. The lowest BCUT2D eigenvalue weighted by Crippen LogP contribution is -2.53. The fraction of sp³-hybridized carbons (Fsp3) is 0.842. The molecule has 0 spiro atoms. The van der Waals surface area contributed by atoms with Crippen molar-refractivity contribution < 1.29 is 9.53 Å². The van der Waals surface area contributed by atoms with E-state index in [4.69, 9.17) is 10.5 Å². The molecular weight excluding hydrogens is 344 g/mol. The van der Waals surface area contributed by atoms with Crippen LogP contribution in [0.25, 0.3) is 0 Å². The van der Waals surface area contributed by atoms with Gasteiger partial charge in [0.05, 0.1) is 19.7 Å². The lowest BCUT2D eigenvalue weighted by atomic mass is 9.80. The van der Waals surface area contributed by atoms with Crippen molar-refractivity contribution >= 4 is 5.91 Å². The molecule has 1 aromatic rings. The van der Waals surface area contributed by atoms with Crippen LogP contribution in [0.1, 0.15) is 56.1 Å². The van der Waals surface area contributed by atoms with E-state index in [1.807, 2.05) is 0 Å². The number of hydrogen-bond donors (Lipinski definition) is 1. The molecule has 8 heteroatoms. The van der Waals surface area contributed by atoms with E-state index in [9.17, 15) is 4.79 Å². The summed E-state index contributed by atoms with van der Waals surface area (Å²) in [5.74, 6) is 2.63. The average molecular weight is 377 g/mol. The van der Waals surface area contributed by atoms with Gasteiger partial charge in [0.1, 0.15) is 11.6 Å². The lowest BCUT2D eigenvalue weighted by molar-refractivity contribution is -0.138. The largest absolute Gasteiger partial charge is 0.383 e. The van der Waals surface area contributed by atoms with Gasteiger partial charge in [0.2, 0.25) is 5.91 Å². The summed E-state index contributed by atoms with van der Waals surface area (Å²) < 4.78 is 7.47. The van der Waals surface area contributed by atoms with Gasteiger partial charge >= 0.3 is 0 Å². The molecule has 1 amide bonds. The maximum absolute atomic E-state index is 12.7. The Hall–Kier alpha value is -1.51. The molecule has 150 valence electrons. The van der Waals surface area contributed by atoms with Crippen molar-refractivity contribution in [2.75, 3.05) is 33.4 Å². The zero-order valence-electron chi connectivity index (χ0n) is 16.3. The van der Waals surface area contributed by atoms with E-state index in [2.05, 4.69) is 24.6 Å². The molecule has 27 heavy (non-hydrogen) atoms. The second kappa shape index (κ2) is 8.24. The standard InChI is InChI=1S/C19H32N6O2/c1-27-9-8-25-17(21-22-19(25)14-10-15(20)11-14)12-23-6-7-24(18(26)13-23)16-4-2-3-5-16/h14-16H,2-13,20H2,1H3. The van der Waals surface area contributed by atoms with Crippen LogP contribution in [0.2, 0.25) is 0 Å². The van der Waals surface area contributed by atoms with Crippen LogP contribution in [0.15, 0.2) is 0 Å². The zero-order valence-corrected chi connectivity index (χ0v) is 16.3. The second-order valence-corrected chi connectivity index (χ2v) is 8.28. The summed E-state index contributed by atoms with van der Waals surface area (Å²) in [4.78, 5) is 17.0. The molecule has 8 nitrogen and oxygen atoms in total. The molecule has 2 N–H and O–H groups in total. The number of amides is 1. The average Bonchev–Trinajstić information content (AvgIpc) is 3.28. The van der Waals surface area contributed by atoms with Gasteiger partial charge in [0, 0.05) is 44.7 Å². The van der Waals surface area contributed by atoms with Crippen LogP contribution in [-0.4, -0.2) is 75.9 Å². The number of piperazine rings is 1. The summed E-state index contributed by atoms with van der Waals surface area (Å²) in [5, 5.41) is 8.93. The number of carbonyl (C=O) groups excluding carboxylic acids is 1. The predicted molar refractivity (Wildman–Crippen MR) is 101 cm³/mol. The van der Waals surface area contributed by atoms with Gasteiger partial charge in [0.25, 0.3) is 0 Å². The van der Waals surface area contributed by atoms with Crippen molar-refractivity contribution in [1.29, 1.82) is 0 Å². The van der Waals surface area contributed by atoms with Gasteiger partial charge in [-0.25, -0.2) is 0 Å². The summed E-state index contributed by atoms with van der Waals surface area (Å²) in [6.07, 6.45) is 6.81. The van der Waals surface area contributed by atoms with Crippen molar-refractivity contribution in [1.82, 2.24) is 24.6 Å². The number of nitrogens with zero attached hydrogens (tertiary/aromatic N) is 5. The molecule has 3 aliphatic rings. The molecule has 2 aliphatic carbocycles. The van der Waals surface area contributed by atoms with Crippen molar-refractivity contribution in [3.8, 4) is 0 Å². The summed E-state index contributed by atoms with van der Waals surface area (Å²) in [6, 6.07) is 0.756. The highest BCUT2D eigenvalue weighted by Gasteiger charge is 2.34. The van der Waals surface area contributed by atoms with Crippen molar-refractivity contribution in [3.63, 3.8) is 0 Å². The topological polar surface area (TPSA) is 89.5 Å². The quantitative estimate of drug-likeness (QED) is 0.754. The third-order valence-corrected chi connectivity index (χ3v) is 6.38. The highest BCUT2D eigenvalue weighted by molar-refractivity contribution is 5.79. The van der Waals surface area contributed by atoms with Crippen LogP contribution >= 0.6 is 0 Å². The van der Waals surface area contributed by atoms with Gasteiger partial charge in [-0.3, -0.25) is 9.69 Å². The Labute approximate surface area is 161 Å². The first-order chi connectivity index (χ1) is 13.2. The SMILES string of the molecule is COCCn1c(CN2CCN(C3CCCC3)C(=O)C2)nnc1C1CC(N)C1. The maximum Gasteiger partial charge on any atom is 0.237 e. The van der Waals surface area contributed by atoms with Gasteiger partial charge in [0.15, 0.2) is 0 Å². The Kier molecular flexibility index (Phi) is 5.75. The highest BCUT2D eigenvalue weighted by atomic mass is 16.5. The minimum Gasteiger partial charge on any atom is -0.383 e. The lowest BCUT2D eigenvalue weighted by Gasteiger charge is -2.37. The Morgan fingerprint density at radius 1 is 1.19 bits per heavy atom. The van der Waals surface area contributed by atoms with Crippen molar-refractivity contribution in [2.45, 2.75) is 69.6 Å². The van der Waals surface area contributed by atoms with E-state index in [0.717, 1.165) is 44.1 Å². The first-order valence-corrected chi connectivity index (χ1v) is 10.3. The van der Waals surface area contributed by atoms with Crippen LogP contribution in [0.3, 0.4) is 0 Å². The summed E-state index contributed by atoms with van der Waals surface area (Å²) in [5.41, 5.74) is 5.96. The monoisotopic (exact) mass is 376 g/mol. The summed E-state index contributed by atoms with van der Waals surface area (Å²) >= 11 is 0. The Bertz CT molecular complexity index is 651. The smallest absolute Gasteiger partial charge is 0.237 e. The number of rotatable bonds is 7. The molecule has 4 rings (SSSR count). The van der Waals surface area contributed by atoms with Crippen LogP contribution in [0, 0.1) is 0 Å². The van der Waals surface area contributed by atoms with Gasteiger partial charge in [-0.2, -0.15) is 0 Å². The summed E-state index contributed by atoms with van der Waals surface area (Å²) in [7, 11) is 1.71. The molecule has 1 aliphatic heterocycles. The summed E-state index contributed by atoms with van der Waals surface area (Å²) in [6.45, 7) is 4.27. The molecule has 2 saturated carbocycles. The van der Waals surface area contributed by atoms with Crippen molar-refractivity contribution in [3.05, 3.63) is 11.6 Å². The zero-order chi connectivity index (χ0) is 18.8. The molecule has 2 heterocycles. The van der Waals surface area contributed by atoms with E-state index >= 15 is 0 Å². The third kappa shape index (κ3) is 4.02. The predicted octanol–water partition coefficient (Wildman–Crippen LogP) is 0.716. The van der Waals surface area contributed by atoms with E-state index < -0.39 is 0 Å². The Morgan fingerprint density at radius 2 is 1.96 bits per heavy atom. The number of ether oxygens (including phenoxy) is 1. The Balaban J connectivity index is 1.40. The molecule has 1 aromatic heterocycles. The molecule has 3 fully saturated rings. The molecule has 0 unspecified atom stereocenters. The third-order valence-electron chi connectivity index (χ3n) is 6.38. The first-order valence-electron chi connectivity index (χ1n) is 10.3. The minimum absolute atomic E-state index is 0.265. The molecule has 0 atom stereocenters. The van der Waals surface area contributed by atoms with Crippen LogP contribution < -0.4 is 5.73 Å². The van der Waals surface area contributed by atoms with Crippen molar-refractivity contribution in [2.24, 2.45) is 5.73 Å². The molecule has 0 radical (unpaired) electrons. The fourth-order valence-electron chi connectivity index (χ4n) is 4.74. The molecule has 1 saturated heterocycles. The van der Waals surface area contributed by atoms with Crippen LogP contribution in [-0.2, 0) is 22.6 Å². The van der Waals surface area contributed by atoms with Gasteiger partial charge in [-0.1, -0.05) is 12.8 Å². The maximum atomic E-state index is 12.7. The number of hydrogen-bond acceptors (Lipinski definition) is 6. The van der Waals surface area contributed by atoms with Gasteiger partial charge in [-0.15, -0.1) is 10.2 Å². The van der Waals surface area contributed by atoms with Gasteiger partial charge in [-0.05, 0) is 25.7 Å². The highest BCUT2D eigenvalue weighted by Crippen LogP contribution is 2.35. The number of methoxy groups -OCH3 is 1. The van der Waals surface area contributed by atoms with Crippen LogP contribution in [0.5, 0.6) is 0 Å². The van der Waals surface area contributed by atoms with E-state index in [0.29, 0.717) is 31.7 Å². The normalized spacial score (nSPS) is 27.3. The molecule has 0 aromatic carbocycles. The van der Waals surface area contributed by atoms with E-state index in [1.165, 1.54) is 25.7 Å². The van der Waals surface area contributed by atoms with Gasteiger partial charge < -0.3 is 19.9 Å². The number of carbonyl (C=O) groups is 1. The Morgan fingerprint density at radius 3 is 2.63 bits per heavy atom. The fourth-order valence-corrected chi connectivity index (χ4v) is 4.74. The van der Waals surface area contributed by atoms with E-state index in [1.54, 1.807) is 7.11 Å². The number of aromatic nitrogens is 3. The first kappa shape index (κ1) is 18.8. The number of nitrogens with two attached hydrogens (primary N) is 1. The van der Waals surface area contributed by atoms with E-state index in [-0.39, 0.29) is 11.9 Å². The second-order valence-electron chi connectivity index (χ2n) is 8.28. The van der Waals surface area contributed by atoms with Crippen LogP contribution in [0.4, 0.5) is 0 Å². The molecular formula is C19H32N6O2. The minimum atomic E-state index is 0.265.